The number of hydrogen-bond donors (Lipinski definition) is 1. The van der Waals surface area contributed by atoms with E-state index in [1.807, 2.05) is 0 Å². The van der Waals surface area contributed by atoms with Crippen molar-refractivity contribution in [1.82, 2.24) is 20.2 Å². The average molecular weight is 377 g/mol. The first kappa shape index (κ1) is 20.9. The molecule has 1 aromatic rings. The van der Waals surface area contributed by atoms with Gasteiger partial charge in [0, 0.05) is 38.3 Å². The van der Waals surface area contributed by atoms with Crippen LogP contribution in [0.3, 0.4) is 0 Å². The summed E-state index contributed by atoms with van der Waals surface area (Å²) in [6, 6.07) is 1.79. The Balaban J connectivity index is 1.93. The number of piperidine rings is 1. The van der Waals surface area contributed by atoms with Gasteiger partial charge < -0.3 is 19.9 Å². The molecule has 2 rings (SSSR count). The van der Waals surface area contributed by atoms with Crippen molar-refractivity contribution in [3.8, 4) is 0 Å². The SMILES string of the molecule is CCCN(CCC)c1cc(C(=O)NC2CCN(C(=O)OCC)CC2)ncn1. The van der Waals surface area contributed by atoms with E-state index in [-0.39, 0.29) is 18.0 Å². The number of aromatic nitrogens is 2. The third-order valence-electron chi connectivity index (χ3n) is 4.55. The molecule has 1 aliphatic heterocycles. The summed E-state index contributed by atoms with van der Waals surface area (Å²) in [5.41, 5.74) is 0.380. The normalized spacial score (nSPS) is 14.7. The maximum absolute atomic E-state index is 12.6. The van der Waals surface area contributed by atoms with E-state index in [4.69, 9.17) is 4.74 Å². The van der Waals surface area contributed by atoms with Gasteiger partial charge in [0.05, 0.1) is 6.61 Å². The maximum atomic E-state index is 12.6. The quantitative estimate of drug-likeness (QED) is 0.749. The molecule has 0 unspecified atom stereocenters. The van der Waals surface area contributed by atoms with Crippen LogP contribution in [0.2, 0.25) is 0 Å². The molecule has 8 heteroatoms. The summed E-state index contributed by atoms with van der Waals surface area (Å²) in [5.74, 6) is 0.595. The van der Waals surface area contributed by atoms with Crippen LogP contribution in [0.5, 0.6) is 0 Å². The molecule has 8 nitrogen and oxygen atoms in total. The first-order chi connectivity index (χ1) is 13.1. The molecule has 0 spiro atoms. The Morgan fingerprint density at radius 3 is 2.44 bits per heavy atom. The topological polar surface area (TPSA) is 87.7 Å². The lowest BCUT2D eigenvalue weighted by molar-refractivity contribution is 0.0856. The molecule has 1 N–H and O–H groups in total. The van der Waals surface area contributed by atoms with Crippen molar-refractivity contribution in [2.75, 3.05) is 37.7 Å². The number of hydrogen-bond acceptors (Lipinski definition) is 6. The van der Waals surface area contributed by atoms with Crippen LogP contribution < -0.4 is 10.2 Å². The van der Waals surface area contributed by atoms with Crippen molar-refractivity contribution in [2.45, 2.75) is 52.5 Å². The summed E-state index contributed by atoms with van der Waals surface area (Å²) in [6.45, 7) is 9.39. The summed E-state index contributed by atoms with van der Waals surface area (Å²) in [6.07, 6.45) is 4.62. The lowest BCUT2D eigenvalue weighted by Gasteiger charge is -2.31. The predicted molar refractivity (Wildman–Crippen MR) is 104 cm³/mol. The zero-order valence-electron chi connectivity index (χ0n) is 16.6. The molecule has 1 saturated heterocycles. The molecule has 150 valence electrons. The fourth-order valence-electron chi connectivity index (χ4n) is 3.21. The van der Waals surface area contributed by atoms with E-state index in [1.54, 1.807) is 17.9 Å². The van der Waals surface area contributed by atoms with Crippen LogP contribution in [-0.4, -0.2) is 65.7 Å². The molecule has 2 heterocycles. The van der Waals surface area contributed by atoms with Gasteiger partial charge in [0.15, 0.2) is 0 Å². The highest BCUT2D eigenvalue weighted by Gasteiger charge is 2.25. The second-order valence-electron chi connectivity index (χ2n) is 6.68. The highest BCUT2D eigenvalue weighted by molar-refractivity contribution is 5.93. The monoisotopic (exact) mass is 377 g/mol. The van der Waals surface area contributed by atoms with Gasteiger partial charge in [-0.05, 0) is 32.6 Å². The van der Waals surface area contributed by atoms with Gasteiger partial charge in [-0.25, -0.2) is 14.8 Å². The fraction of sp³-hybridized carbons (Fsp3) is 0.684. The Labute approximate surface area is 161 Å². The van der Waals surface area contributed by atoms with Crippen molar-refractivity contribution >= 4 is 17.8 Å². The van der Waals surface area contributed by atoms with Crippen LogP contribution in [0.4, 0.5) is 10.6 Å². The van der Waals surface area contributed by atoms with Crippen molar-refractivity contribution in [3.63, 3.8) is 0 Å². The first-order valence-corrected chi connectivity index (χ1v) is 9.88. The lowest BCUT2D eigenvalue weighted by Crippen LogP contribution is -2.46. The minimum atomic E-state index is -0.283. The highest BCUT2D eigenvalue weighted by atomic mass is 16.6. The first-order valence-electron chi connectivity index (χ1n) is 9.88. The van der Waals surface area contributed by atoms with E-state index < -0.39 is 0 Å². The zero-order valence-corrected chi connectivity index (χ0v) is 16.6. The van der Waals surface area contributed by atoms with Crippen molar-refractivity contribution in [2.24, 2.45) is 0 Å². The van der Waals surface area contributed by atoms with E-state index in [0.717, 1.165) is 31.7 Å². The average Bonchev–Trinajstić information content (AvgIpc) is 2.68. The van der Waals surface area contributed by atoms with E-state index >= 15 is 0 Å². The molecule has 0 saturated carbocycles. The second kappa shape index (κ2) is 10.7. The number of likely N-dealkylation sites (tertiary alicyclic amines) is 1. The smallest absolute Gasteiger partial charge is 0.409 e. The van der Waals surface area contributed by atoms with E-state index in [0.29, 0.717) is 38.2 Å². The van der Waals surface area contributed by atoms with Crippen molar-refractivity contribution in [1.29, 1.82) is 0 Å². The molecule has 27 heavy (non-hydrogen) atoms. The number of anilines is 1. The van der Waals surface area contributed by atoms with E-state index in [9.17, 15) is 9.59 Å². The van der Waals surface area contributed by atoms with E-state index in [1.165, 1.54) is 6.33 Å². The fourth-order valence-corrected chi connectivity index (χ4v) is 3.21. The molecule has 1 fully saturated rings. The molecule has 1 aromatic heterocycles. The largest absolute Gasteiger partial charge is 0.450 e. The predicted octanol–water partition coefficient (Wildman–Crippen LogP) is 2.45. The van der Waals surface area contributed by atoms with Gasteiger partial charge in [-0.1, -0.05) is 13.8 Å². The second-order valence-corrected chi connectivity index (χ2v) is 6.68. The summed E-state index contributed by atoms with van der Waals surface area (Å²) < 4.78 is 5.02. The molecule has 0 bridgehead atoms. The highest BCUT2D eigenvalue weighted by Crippen LogP contribution is 2.15. The molecule has 0 aliphatic carbocycles. The van der Waals surface area contributed by atoms with Crippen molar-refractivity contribution < 1.29 is 14.3 Å². The molecule has 0 atom stereocenters. The van der Waals surface area contributed by atoms with Crippen LogP contribution in [0, 0.1) is 0 Å². The van der Waals surface area contributed by atoms with Gasteiger partial charge in [0.25, 0.3) is 5.91 Å². The molecule has 1 aliphatic rings. The number of ether oxygens (including phenoxy) is 1. The number of nitrogens with one attached hydrogen (secondary N) is 1. The summed E-state index contributed by atoms with van der Waals surface area (Å²) in [4.78, 5) is 36.7. The van der Waals surface area contributed by atoms with Crippen LogP contribution in [0.25, 0.3) is 0 Å². The third kappa shape index (κ3) is 6.08. The number of carbonyl (C=O) groups is 2. The Kier molecular flexibility index (Phi) is 8.29. The van der Waals surface area contributed by atoms with Crippen LogP contribution in [-0.2, 0) is 4.74 Å². The number of carbonyl (C=O) groups excluding carboxylic acids is 2. The third-order valence-corrected chi connectivity index (χ3v) is 4.55. The van der Waals surface area contributed by atoms with Gasteiger partial charge >= 0.3 is 6.09 Å². The van der Waals surface area contributed by atoms with Gasteiger partial charge in [-0.2, -0.15) is 0 Å². The lowest BCUT2D eigenvalue weighted by atomic mass is 10.1. The molecular weight excluding hydrogens is 346 g/mol. The molecule has 0 aromatic carbocycles. The van der Waals surface area contributed by atoms with Crippen molar-refractivity contribution in [3.05, 3.63) is 18.1 Å². The number of nitrogens with zero attached hydrogens (tertiary/aromatic N) is 4. The zero-order chi connectivity index (χ0) is 19.6. The summed E-state index contributed by atoms with van der Waals surface area (Å²) in [7, 11) is 0. The number of rotatable bonds is 8. The Morgan fingerprint density at radius 1 is 1.19 bits per heavy atom. The number of amides is 2. The molecule has 2 amide bonds. The standard InChI is InChI=1S/C19H31N5O3/c1-4-9-23(10-5-2)17-13-16(20-14-21-17)18(25)22-15-7-11-24(12-8-15)19(26)27-6-3/h13-15H,4-12H2,1-3H3,(H,22,25). The molecule has 0 radical (unpaired) electrons. The van der Waals surface area contributed by atoms with E-state index in [2.05, 4.69) is 34.0 Å². The van der Waals surface area contributed by atoms with Crippen LogP contribution in [0.15, 0.2) is 12.4 Å². The minimum absolute atomic E-state index is 0.0315. The van der Waals surface area contributed by atoms with Gasteiger partial charge in [-0.3, -0.25) is 4.79 Å². The minimum Gasteiger partial charge on any atom is -0.450 e. The summed E-state index contributed by atoms with van der Waals surface area (Å²) in [5, 5.41) is 3.03. The summed E-state index contributed by atoms with van der Waals surface area (Å²) >= 11 is 0. The maximum Gasteiger partial charge on any atom is 0.409 e. The van der Waals surface area contributed by atoms with Gasteiger partial charge in [-0.15, -0.1) is 0 Å². The Hall–Kier alpha value is -2.38. The Bertz CT molecular complexity index is 611. The Morgan fingerprint density at radius 2 is 1.85 bits per heavy atom. The molecular formula is C19H31N5O3. The van der Waals surface area contributed by atoms with Gasteiger partial charge in [0.2, 0.25) is 0 Å². The van der Waals surface area contributed by atoms with Gasteiger partial charge in [0.1, 0.15) is 17.8 Å². The van der Waals surface area contributed by atoms with Crippen LogP contribution >= 0.6 is 0 Å². The van der Waals surface area contributed by atoms with Crippen LogP contribution in [0.1, 0.15) is 56.9 Å².